The predicted octanol–water partition coefficient (Wildman–Crippen LogP) is 2.62. The molecule has 94 valence electrons. The van der Waals surface area contributed by atoms with Gasteiger partial charge in [-0.1, -0.05) is 25.0 Å². The van der Waals surface area contributed by atoms with Gasteiger partial charge in [0.2, 0.25) is 0 Å². The second-order valence-electron chi connectivity index (χ2n) is 4.43. The van der Waals surface area contributed by atoms with Crippen LogP contribution in [-0.4, -0.2) is 13.1 Å². The first-order valence-corrected chi connectivity index (χ1v) is 5.63. The molecule has 0 amide bonds. The Kier molecular flexibility index (Phi) is 4.54. The maximum atomic E-state index is 11.3. The van der Waals surface area contributed by atoms with Crippen molar-refractivity contribution in [2.75, 3.05) is 7.11 Å². The van der Waals surface area contributed by atoms with Gasteiger partial charge in [0.25, 0.3) is 0 Å². The van der Waals surface area contributed by atoms with Crippen molar-refractivity contribution in [3.05, 3.63) is 35.4 Å². The lowest BCUT2D eigenvalue weighted by Gasteiger charge is -2.24. The molecule has 0 saturated heterocycles. The van der Waals surface area contributed by atoms with Crippen molar-refractivity contribution < 1.29 is 9.53 Å². The summed E-state index contributed by atoms with van der Waals surface area (Å²) in [7, 11) is 1.39. The average Bonchev–Trinajstić information content (AvgIpc) is 2.77. The highest BCUT2D eigenvalue weighted by atomic mass is 35.5. The van der Waals surface area contributed by atoms with E-state index in [1.807, 2.05) is 12.1 Å². The van der Waals surface area contributed by atoms with Gasteiger partial charge in [0.15, 0.2) is 0 Å². The van der Waals surface area contributed by atoms with Crippen LogP contribution in [0.15, 0.2) is 24.3 Å². The van der Waals surface area contributed by atoms with Crippen molar-refractivity contribution in [2.24, 2.45) is 5.73 Å². The number of rotatable bonds is 2. The molecule has 17 heavy (non-hydrogen) atoms. The summed E-state index contributed by atoms with van der Waals surface area (Å²) in [5.74, 6) is -0.302. The number of esters is 1. The summed E-state index contributed by atoms with van der Waals surface area (Å²) in [5, 5.41) is 0. The van der Waals surface area contributed by atoms with Gasteiger partial charge in [0.05, 0.1) is 12.7 Å². The highest BCUT2D eigenvalue weighted by Crippen LogP contribution is 2.36. The van der Waals surface area contributed by atoms with E-state index in [1.165, 1.54) is 20.0 Å². The number of carbonyl (C=O) groups excluding carboxylic acids is 1. The molecule has 0 spiro atoms. The second kappa shape index (κ2) is 5.52. The fourth-order valence-corrected chi connectivity index (χ4v) is 2.35. The first-order chi connectivity index (χ1) is 7.65. The van der Waals surface area contributed by atoms with Gasteiger partial charge in [-0.25, -0.2) is 4.79 Å². The molecule has 1 aliphatic carbocycles. The molecule has 2 rings (SSSR count). The Morgan fingerprint density at radius 3 is 2.24 bits per heavy atom. The predicted molar refractivity (Wildman–Crippen MR) is 69.4 cm³/mol. The number of hydrogen-bond donors (Lipinski definition) is 1. The van der Waals surface area contributed by atoms with Gasteiger partial charge < -0.3 is 10.5 Å². The smallest absolute Gasteiger partial charge is 0.337 e. The van der Waals surface area contributed by atoms with Crippen LogP contribution in [0.4, 0.5) is 0 Å². The van der Waals surface area contributed by atoms with E-state index in [-0.39, 0.29) is 23.9 Å². The van der Waals surface area contributed by atoms with Crippen molar-refractivity contribution in [1.29, 1.82) is 0 Å². The van der Waals surface area contributed by atoms with E-state index < -0.39 is 0 Å². The minimum absolute atomic E-state index is 0. The first-order valence-electron chi connectivity index (χ1n) is 5.63. The molecule has 0 atom stereocenters. The summed E-state index contributed by atoms with van der Waals surface area (Å²) in [6, 6.07) is 7.46. The summed E-state index contributed by atoms with van der Waals surface area (Å²) < 4.78 is 4.66. The zero-order chi connectivity index (χ0) is 11.6. The van der Waals surface area contributed by atoms with E-state index in [1.54, 1.807) is 12.1 Å². The van der Waals surface area contributed by atoms with E-state index >= 15 is 0 Å². The van der Waals surface area contributed by atoms with Gasteiger partial charge in [-0.3, -0.25) is 0 Å². The standard InChI is InChI=1S/C13H17NO2.ClH/c1-16-12(15)10-4-6-11(7-5-10)13(14)8-2-3-9-13;/h4-7H,2-3,8-9,14H2,1H3;1H. The third kappa shape index (κ3) is 2.79. The molecule has 0 aromatic heterocycles. The molecule has 1 aliphatic rings. The third-order valence-corrected chi connectivity index (χ3v) is 3.38. The Morgan fingerprint density at radius 2 is 1.76 bits per heavy atom. The Bertz CT molecular complexity index is 383. The Hall–Kier alpha value is -1.06. The van der Waals surface area contributed by atoms with Crippen molar-refractivity contribution in [3.8, 4) is 0 Å². The summed E-state index contributed by atoms with van der Waals surface area (Å²) >= 11 is 0. The fraction of sp³-hybridized carbons (Fsp3) is 0.462. The van der Waals surface area contributed by atoms with Crippen LogP contribution in [0.25, 0.3) is 0 Å². The van der Waals surface area contributed by atoms with Gasteiger partial charge in [-0.15, -0.1) is 12.4 Å². The lowest BCUT2D eigenvalue weighted by atomic mass is 9.89. The van der Waals surface area contributed by atoms with E-state index in [0.29, 0.717) is 5.56 Å². The zero-order valence-electron chi connectivity index (χ0n) is 9.94. The minimum atomic E-state index is -0.302. The van der Waals surface area contributed by atoms with Crippen LogP contribution in [0, 0.1) is 0 Å². The second-order valence-corrected chi connectivity index (χ2v) is 4.43. The van der Waals surface area contributed by atoms with Crippen molar-refractivity contribution >= 4 is 18.4 Å². The van der Waals surface area contributed by atoms with Crippen LogP contribution in [0.5, 0.6) is 0 Å². The van der Waals surface area contributed by atoms with Gasteiger partial charge in [0, 0.05) is 5.54 Å². The number of carbonyl (C=O) groups is 1. The highest BCUT2D eigenvalue weighted by Gasteiger charge is 2.30. The van der Waals surface area contributed by atoms with Crippen LogP contribution in [-0.2, 0) is 10.3 Å². The third-order valence-electron chi connectivity index (χ3n) is 3.38. The van der Waals surface area contributed by atoms with E-state index in [4.69, 9.17) is 5.73 Å². The van der Waals surface area contributed by atoms with Crippen molar-refractivity contribution in [1.82, 2.24) is 0 Å². The molecule has 1 aromatic carbocycles. The molecular weight excluding hydrogens is 238 g/mol. The number of nitrogens with two attached hydrogens (primary N) is 1. The molecule has 0 bridgehead atoms. The normalized spacial score (nSPS) is 17.3. The SMILES string of the molecule is COC(=O)c1ccc(C2(N)CCCC2)cc1.Cl. The number of methoxy groups -OCH3 is 1. The number of hydrogen-bond acceptors (Lipinski definition) is 3. The largest absolute Gasteiger partial charge is 0.465 e. The summed E-state index contributed by atoms with van der Waals surface area (Å²) in [6.45, 7) is 0. The fourth-order valence-electron chi connectivity index (χ4n) is 2.35. The van der Waals surface area contributed by atoms with Gasteiger partial charge in [-0.2, -0.15) is 0 Å². The molecule has 4 heteroatoms. The molecule has 1 fully saturated rings. The van der Waals surface area contributed by atoms with Crippen LogP contribution < -0.4 is 5.73 Å². The summed E-state index contributed by atoms with van der Waals surface area (Å²) in [4.78, 5) is 11.3. The van der Waals surface area contributed by atoms with E-state index in [2.05, 4.69) is 4.74 Å². The number of halogens is 1. The maximum absolute atomic E-state index is 11.3. The maximum Gasteiger partial charge on any atom is 0.337 e. The minimum Gasteiger partial charge on any atom is -0.465 e. The lowest BCUT2D eigenvalue weighted by Crippen LogP contribution is -2.32. The van der Waals surface area contributed by atoms with Gasteiger partial charge >= 0.3 is 5.97 Å². The average molecular weight is 256 g/mol. The quantitative estimate of drug-likeness (QED) is 0.827. The molecule has 1 saturated carbocycles. The van der Waals surface area contributed by atoms with Crippen LogP contribution in [0.2, 0.25) is 0 Å². The Labute approximate surface area is 108 Å². The molecular formula is C13H18ClNO2. The van der Waals surface area contributed by atoms with E-state index in [0.717, 1.165) is 18.4 Å². The van der Waals surface area contributed by atoms with Gasteiger partial charge in [-0.05, 0) is 30.5 Å². The Balaban J connectivity index is 0.00000144. The molecule has 0 aliphatic heterocycles. The molecule has 1 aromatic rings. The monoisotopic (exact) mass is 255 g/mol. The molecule has 3 nitrogen and oxygen atoms in total. The topological polar surface area (TPSA) is 52.3 Å². The first kappa shape index (κ1) is 14.0. The van der Waals surface area contributed by atoms with Crippen molar-refractivity contribution in [2.45, 2.75) is 31.2 Å². The van der Waals surface area contributed by atoms with Gasteiger partial charge in [0.1, 0.15) is 0 Å². The van der Waals surface area contributed by atoms with Crippen LogP contribution in [0.3, 0.4) is 0 Å². The molecule has 0 heterocycles. The molecule has 0 radical (unpaired) electrons. The van der Waals surface area contributed by atoms with Crippen LogP contribution >= 0.6 is 12.4 Å². The lowest BCUT2D eigenvalue weighted by molar-refractivity contribution is 0.0600. The Morgan fingerprint density at radius 1 is 1.24 bits per heavy atom. The summed E-state index contributed by atoms with van der Waals surface area (Å²) in [6.07, 6.45) is 4.44. The molecule has 2 N–H and O–H groups in total. The van der Waals surface area contributed by atoms with E-state index in [9.17, 15) is 4.79 Å². The van der Waals surface area contributed by atoms with Crippen molar-refractivity contribution in [3.63, 3.8) is 0 Å². The summed E-state index contributed by atoms with van der Waals surface area (Å²) in [5.41, 5.74) is 7.84. The highest BCUT2D eigenvalue weighted by molar-refractivity contribution is 5.89. The van der Waals surface area contributed by atoms with Crippen LogP contribution in [0.1, 0.15) is 41.6 Å². The molecule has 0 unspecified atom stereocenters. The number of benzene rings is 1. The number of ether oxygens (including phenoxy) is 1. The zero-order valence-corrected chi connectivity index (χ0v) is 10.8.